The Morgan fingerprint density at radius 1 is 1.32 bits per heavy atom. The summed E-state index contributed by atoms with van der Waals surface area (Å²) in [5, 5.41) is 17.1. The molecule has 0 aliphatic carbocycles. The van der Waals surface area contributed by atoms with Crippen molar-refractivity contribution in [2.45, 2.75) is 12.5 Å². The van der Waals surface area contributed by atoms with E-state index in [1.807, 2.05) is 25.1 Å². The number of hydrogen-bond acceptors (Lipinski definition) is 6. The molecule has 2 aromatic rings. The van der Waals surface area contributed by atoms with Gasteiger partial charge in [-0.1, -0.05) is 6.07 Å². The predicted molar refractivity (Wildman–Crippen MR) is 92.5 cm³/mol. The van der Waals surface area contributed by atoms with Crippen molar-refractivity contribution in [2.75, 3.05) is 32.1 Å². The summed E-state index contributed by atoms with van der Waals surface area (Å²) in [7, 11) is 3.79. The Morgan fingerprint density at radius 2 is 2.16 bits per heavy atom. The Balaban J connectivity index is 1.61. The highest BCUT2D eigenvalue weighted by Gasteiger charge is 2.28. The first-order chi connectivity index (χ1) is 12.1. The molecule has 1 fully saturated rings. The van der Waals surface area contributed by atoms with Crippen LogP contribution in [0.5, 0.6) is 5.88 Å². The Morgan fingerprint density at radius 3 is 2.84 bits per heavy atom. The second kappa shape index (κ2) is 7.18. The number of likely N-dealkylation sites (tertiary alicyclic amines) is 1. The summed E-state index contributed by atoms with van der Waals surface area (Å²) in [4.78, 5) is 16.2. The predicted octanol–water partition coefficient (Wildman–Crippen LogP) is 1.71. The van der Waals surface area contributed by atoms with Gasteiger partial charge in [-0.15, -0.1) is 10.2 Å². The molecular weight excluding hydrogens is 318 g/mol. The van der Waals surface area contributed by atoms with Crippen LogP contribution in [-0.2, 0) is 0 Å². The lowest BCUT2D eigenvalue weighted by molar-refractivity contribution is 0.0771. The second-order valence-corrected chi connectivity index (χ2v) is 6.10. The molecule has 128 valence electrons. The van der Waals surface area contributed by atoms with E-state index in [9.17, 15) is 4.79 Å². The molecule has 3 rings (SSSR count). The second-order valence-electron chi connectivity index (χ2n) is 6.10. The molecule has 25 heavy (non-hydrogen) atoms. The molecule has 0 radical (unpaired) electrons. The van der Waals surface area contributed by atoms with Gasteiger partial charge in [0.25, 0.3) is 5.91 Å². The van der Waals surface area contributed by atoms with Crippen LogP contribution in [0.1, 0.15) is 22.3 Å². The molecule has 0 N–H and O–H groups in total. The van der Waals surface area contributed by atoms with Gasteiger partial charge in [-0.25, -0.2) is 0 Å². The first-order valence-electron chi connectivity index (χ1n) is 8.04. The van der Waals surface area contributed by atoms with Crippen LogP contribution >= 0.6 is 0 Å². The van der Waals surface area contributed by atoms with E-state index in [1.165, 1.54) is 0 Å². The van der Waals surface area contributed by atoms with Gasteiger partial charge in [-0.3, -0.25) is 4.79 Å². The average molecular weight is 337 g/mol. The summed E-state index contributed by atoms with van der Waals surface area (Å²) in [6.45, 7) is 1.11. The Kier molecular flexibility index (Phi) is 4.80. The fourth-order valence-corrected chi connectivity index (χ4v) is 2.70. The van der Waals surface area contributed by atoms with Crippen molar-refractivity contribution in [3.05, 3.63) is 47.5 Å². The fourth-order valence-electron chi connectivity index (χ4n) is 2.70. The number of benzene rings is 1. The van der Waals surface area contributed by atoms with E-state index in [4.69, 9.17) is 10.00 Å². The number of carbonyl (C=O) groups is 1. The van der Waals surface area contributed by atoms with Crippen molar-refractivity contribution in [1.29, 1.82) is 5.26 Å². The zero-order chi connectivity index (χ0) is 17.8. The van der Waals surface area contributed by atoms with Crippen LogP contribution in [0, 0.1) is 11.3 Å². The minimum atomic E-state index is -0.109. The third-order valence-corrected chi connectivity index (χ3v) is 4.04. The van der Waals surface area contributed by atoms with Gasteiger partial charge >= 0.3 is 0 Å². The van der Waals surface area contributed by atoms with Gasteiger partial charge in [0.05, 0.1) is 18.2 Å². The van der Waals surface area contributed by atoms with Crippen molar-refractivity contribution in [3.8, 4) is 11.9 Å². The normalized spacial score (nSPS) is 16.4. The lowest BCUT2D eigenvalue weighted by atomic mass is 10.1. The Bertz CT molecular complexity index is 798. The van der Waals surface area contributed by atoms with Crippen LogP contribution < -0.4 is 9.64 Å². The molecule has 1 saturated heterocycles. The van der Waals surface area contributed by atoms with Gasteiger partial charge in [0.15, 0.2) is 5.82 Å². The number of amides is 1. The van der Waals surface area contributed by atoms with E-state index in [2.05, 4.69) is 16.3 Å². The van der Waals surface area contributed by atoms with Gasteiger partial charge in [0.1, 0.15) is 6.10 Å². The third-order valence-electron chi connectivity index (χ3n) is 4.04. The molecule has 7 nitrogen and oxygen atoms in total. The van der Waals surface area contributed by atoms with Crippen LogP contribution in [0.2, 0.25) is 0 Å². The topological polar surface area (TPSA) is 82.4 Å². The number of aromatic nitrogens is 2. The van der Waals surface area contributed by atoms with Crippen molar-refractivity contribution in [1.82, 2.24) is 15.1 Å². The van der Waals surface area contributed by atoms with E-state index in [1.54, 1.807) is 35.2 Å². The van der Waals surface area contributed by atoms with E-state index in [0.717, 1.165) is 12.2 Å². The zero-order valence-corrected chi connectivity index (χ0v) is 14.2. The van der Waals surface area contributed by atoms with Crippen LogP contribution in [0.25, 0.3) is 0 Å². The number of nitrogens with zero attached hydrogens (tertiary/aromatic N) is 5. The molecule has 2 heterocycles. The molecule has 1 amide bonds. The van der Waals surface area contributed by atoms with E-state index in [-0.39, 0.29) is 12.0 Å². The standard InChI is InChI=1S/C18H19N5O2/c1-22(2)16-6-7-17(21-20-16)25-15-8-9-23(12-15)18(24)14-5-3-4-13(10-14)11-19/h3-7,10,15H,8-9,12H2,1-2H3. The van der Waals surface area contributed by atoms with Crippen LogP contribution in [0.3, 0.4) is 0 Å². The van der Waals surface area contributed by atoms with Crippen LogP contribution in [-0.4, -0.2) is 54.3 Å². The highest BCUT2D eigenvalue weighted by Crippen LogP contribution is 2.19. The number of nitriles is 1. The number of ether oxygens (including phenoxy) is 1. The maximum absolute atomic E-state index is 12.6. The molecule has 1 aromatic carbocycles. The summed E-state index contributed by atoms with van der Waals surface area (Å²) >= 11 is 0. The average Bonchev–Trinajstić information content (AvgIpc) is 3.10. The molecule has 0 saturated carbocycles. The highest BCUT2D eigenvalue weighted by atomic mass is 16.5. The Hall–Kier alpha value is -3.14. The summed E-state index contributed by atoms with van der Waals surface area (Å²) in [5.41, 5.74) is 1.00. The lowest BCUT2D eigenvalue weighted by Crippen LogP contribution is -2.31. The van der Waals surface area contributed by atoms with Crippen molar-refractivity contribution < 1.29 is 9.53 Å². The molecule has 1 aliphatic heterocycles. The molecule has 7 heteroatoms. The maximum atomic E-state index is 12.6. The summed E-state index contributed by atoms with van der Waals surface area (Å²) in [6, 6.07) is 12.4. The third kappa shape index (κ3) is 3.86. The largest absolute Gasteiger partial charge is 0.471 e. The summed E-state index contributed by atoms with van der Waals surface area (Å²) in [5.74, 6) is 1.13. The van der Waals surface area contributed by atoms with Gasteiger partial charge in [-0.05, 0) is 24.3 Å². The maximum Gasteiger partial charge on any atom is 0.254 e. The van der Waals surface area contributed by atoms with Crippen LogP contribution in [0.15, 0.2) is 36.4 Å². The fraction of sp³-hybridized carbons (Fsp3) is 0.333. The molecule has 0 spiro atoms. The van der Waals surface area contributed by atoms with E-state index < -0.39 is 0 Å². The minimum absolute atomic E-state index is 0.0859. The lowest BCUT2D eigenvalue weighted by Gasteiger charge is -2.17. The van der Waals surface area contributed by atoms with Gasteiger partial charge in [0.2, 0.25) is 5.88 Å². The monoisotopic (exact) mass is 337 g/mol. The minimum Gasteiger partial charge on any atom is -0.471 e. The zero-order valence-electron chi connectivity index (χ0n) is 14.2. The SMILES string of the molecule is CN(C)c1ccc(OC2CCN(C(=O)c3cccc(C#N)c3)C2)nn1. The number of rotatable bonds is 4. The van der Waals surface area contributed by atoms with Gasteiger partial charge < -0.3 is 14.5 Å². The van der Waals surface area contributed by atoms with Crippen molar-refractivity contribution >= 4 is 11.7 Å². The van der Waals surface area contributed by atoms with E-state index >= 15 is 0 Å². The summed E-state index contributed by atoms with van der Waals surface area (Å²) < 4.78 is 5.83. The molecular formula is C18H19N5O2. The van der Waals surface area contributed by atoms with Gasteiger partial charge in [-0.2, -0.15) is 5.26 Å². The molecule has 1 unspecified atom stereocenters. The van der Waals surface area contributed by atoms with Gasteiger partial charge in [0, 0.05) is 38.7 Å². The molecule has 0 bridgehead atoms. The number of carbonyl (C=O) groups excluding carboxylic acids is 1. The first-order valence-corrected chi connectivity index (χ1v) is 8.04. The molecule has 1 aromatic heterocycles. The quantitative estimate of drug-likeness (QED) is 0.845. The summed E-state index contributed by atoms with van der Waals surface area (Å²) in [6.07, 6.45) is 0.628. The first kappa shape index (κ1) is 16.7. The molecule has 1 atom stereocenters. The highest BCUT2D eigenvalue weighted by molar-refractivity contribution is 5.94. The Labute approximate surface area is 146 Å². The number of anilines is 1. The van der Waals surface area contributed by atoms with Crippen molar-refractivity contribution in [3.63, 3.8) is 0 Å². The van der Waals surface area contributed by atoms with E-state index in [0.29, 0.717) is 30.1 Å². The van der Waals surface area contributed by atoms with Crippen molar-refractivity contribution in [2.24, 2.45) is 0 Å². The van der Waals surface area contributed by atoms with Crippen LogP contribution in [0.4, 0.5) is 5.82 Å². The number of hydrogen-bond donors (Lipinski definition) is 0. The smallest absolute Gasteiger partial charge is 0.254 e. The molecule has 1 aliphatic rings.